The average molecular weight is 290 g/mol. The Labute approximate surface area is 114 Å². The molecular formula is C10H18N4O6. The Kier molecular flexibility index (Phi) is 7.67. The van der Waals surface area contributed by atoms with Gasteiger partial charge in [-0.05, 0) is 12.8 Å². The van der Waals surface area contributed by atoms with Gasteiger partial charge in [0.1, 0.15) is 6.04 Å². The van der Waals surface area contributed by atoms with Crippen molar-refractivity contribution < 1.29 is 29.4 Å². The van der Waals surface area contributed by atoms with Crippen molar-refractivity contribution in [2.75, 3.05) is 6.54 Å². The molecule has 0 heterocycles. The van der Waals surface area contributed by atoms with E-state index in [0.717, 1.165) is 0 Å². The first-order chi connectivity index (χ1) is 9.23. The van der Waals surface area contributed by atoms with Gasteiger partial charge in [0, 0.05) is 6.54 Å². The lowest BCUT2D eigenvalue weighted by molar-refractivity contribution is -0.142. The number of aliphatic carboxylic acids is 2. The molecule has 0 rings (SSSR count). The average Bonchev–Trinajstić information content (AvgIpc) is 2.31. The van der Waals surface area contributed by atoms with E-state index >= 15 is 0 Å². The minimum Gasteiger partial charge on any atom is -0.481 e. The Morgan fingerprint density at radius 3 is 2.20 bits per heavy atom. The van der Waals surface area contributed by atoms with Crippen LogP contribution in [0, 0.1) is 0 Å². The molecule has 3 amide bonds. The Morgan fingerprint density at radius 2 is 1.75 bits per heavy atom. The fraction of sp³-hybridized carbons (Fsp3) is 0.600. The first-order valence-corrected chi connectivity index (χ1v) is 5.78. The quantitative estimate of drug-likeness (QED) is 0.260. The molecule has 0 aromatic rings. The van der Waals surface area contributed by atoms with Crippen molar-refractivity contribution in [2.45, 2.75) is 31.3 Å². The second kappa shape index (κ2) is 8.69. The monoisotopic (exact) mass is 290 g/mol. The molecule has 0 aromatic carbocycles. The number of amides is 3. The van der Waals surface area contributed by atoms with Crippen molar-refractivity contribution >= 4 is 23.9 Å². The van der Waals surface area contributed by atoms with Crippen molar-refractivity contribution in [3.63, 3.8) is 0 Å². The van der Waals surface area contributed by atoms with E-state index in [4.69, 9.17) is 21.7 Å². The molecule has 20 heavy (non-hydrogen) atoms. The third-order valence-electron chi connectivity index (χ3n) is 2.31. The van der Waals surface area contributed by atoms with Crippen LogP contribution in [-0.2, 0) is 14.4 Å². The lowest BCUT2D eigenvalue weighted by Gasteiger charge is -2.17. The van der Waals surface area contributed by atoms with Gasteiger partial charge >= 0.3 is 18.0 Å². The molecule has 114 valence electrons. The summed E-state index contributed by atoms with van der Waals surface area (Å²) in [6.45, 7) is 0.163. The smallest absolute Gasteiger partial charge is 0.326 e. The van der Waals surface area contributed by atoms with Crippen LogP contribution in [0.15, 0.2) is 0 Å². The predicted molar refractivity (Wildman–Crippen MR) is 66.6 cm³/mol. The number of carbonyl (C=O) groups excluding carboxylic acids is 2. The van der Waals surface area contributed by atoms with E-state index in [1.54, 1.807) is 0 Å². The maximum absolute atomic E-state index is 11.5. The summed E-state index contributed by atoms with van der Waals surface area (Å²) in [4.78, 5) is 43.2. The molecule has 0 bridgehead atoms. The van der Waals surface area contributed by atoms with Gasteiger partial charge in [0.25, 0.3) is 0 Å². The molecule has 0 radical (unpaired) electrons. The number of urea groups is 1. The van der Waals surface area contributed by atoms with E-state index in [9.17, 15) is 19.2 Å². The summed E-state index contributed by atoms with van der Waals surface area (Å²) in [7, 11) is 0. The molecule has 0 unspecified atom stereocenters. The standard InChI is InChI=1S/C10H18N4O6/c11-5(4-7(15)16)8(17)14-6(9(18)19)2-1-3-13-10(12)20/h5-6H,1-4,11H2,(H,14,17)(H,15,16)(H,18,19)(H3,12,13,20)/t5-,6-/m0/s1. The maximum atomic E-state index is 11.5. The van der Waals surface area contributed by atoms with Gasteiger partial charge in [-0.1, -0.05) is 0 Å². The minimum atomic E-state index is -1.32. The third-order valence-corrected chi connectivity index (χ3v) is 2.31. The van der Waals surface area contributed by atoms with E-state index in [-0.39, 0.29) is 19.4 Å². The van der Waals surface area contributed by atoms with Crippen molar-refractivity contribution in [1.29, 1.82) is 0 Å². The van der Waals surface area contributed by atoms with Crippen LogP contribution in [0.4, 0.5) is 4.79 Å². The van der Waals surface area contributed by atoms with Crippen LogP contribution < -0.4 is 22.1 Å². The number of nitrogens with two attached hydrogens (primary N) is 2. The zero-order valence-corrected chi connectivity index (χ0v) is 10.7. The summed E-state index contributed by atoms with van der Waals surface area (Å²) in [6.07, 6.45) is -0.281. The van der Waals surface area contributed by atoms with Gasteiger partial charge in [0.2, 0.25) is 5.91 Å². The molecule has 10 heteroatoms. The van der Waals surface area contributed by atoms with Crippen LogP contribution in [0.25, 0.3) is 0 Å². The molecule has 2 atom stereocenters. The molecule has 0 saturated heterocycles. The molecule has 0 aliphatic heterocycles. The Balaban J connectivity index is 4.26. The fourth-order valence-electron chi connectivity index (χ4n) is 1.33. The summed E-state index contributed by atoms with van der Waals surface area (Å²) in [6, 6.07) is -3.26. The van der Waals surface area contributed by atoms with Crippen LogP contribution in [0.3, 0.4) is 0 Å². The van der Waals surface area contributed by atoms with Gasteiger partial charge in [-0.2, -0.15) is 0 Å². The highest BCUT2D eigenvalue weighted by Crippen LogP contribution is 1.99. The number of nitrogens with one attached hydrogen (secondary N) is 2. The largest absolute Gasteiger partial charge is 0.481 e. The highest BCUT2D eigenvalue weighted by Gasteiger charge is 2.24. The number of hydrogen-bond donors (Lipinski definition) is 6. The molecule has 0 aromatic heterocycles. The highest BCUT2D eigenvalue weighted by atomic mass is 16.4. The van der Waals surface area contributed by atoms with E-state index < -0.39 is 42.4 Å². The van der Waals surface area contributed by atoms with Gasteiger partial charge < -0.3 is 32.3 Å². The first-order valence-electron chi connectivity index (χ1n) is 5.78. The Morgan fingerprint density at radius 1 is 1.15 bits per heavy atom. The summed E-state index contributed by atoms with van der Waals surface area (Å²) in [5.41, 5.74) is 10.1. The summed E-state index contributed by atoms with van der Waals surface area (Å²) >= 11 is 0. The topological polar surface area (TPSA) is 185 Å². The van der Waals surface area contributed by atoms with Gasteiger partial charge in [0.15, 0.2) is 0 Å². The molecule has 8 N–H and O–H groups in total. The van der Waals surface area contributed by atoms with Crippen molar-refractivity contribution in [2.24, 2.45) is 11.5 Å². The van der Waals surface area contributed by atoms with E-state index in [2.05, 4.69) is 10.6 Å². The van der Waals surface area contributed by atoms with Crippen LogP contribution in [0.5, 0.6) is 0 Å². The van der Waals surface area contributed by atoms with Gasteiger partial charge in [-0.15, -0.1) is 0 Å². The lowest BCUT2D eigenvalue weighted by Crippen LogP contribution is -2.49. The van der Waals surface area contributed by atoms with Crippen molar-refractivity contribution in [1.82, 2.24) is 10.6 Å². The summed E-state index contributed by atoms with van der Waals surface area (Å²) in [5, 5.41) is 21.8. The van der Waals surface area contributed by atoms with E-state index in [1.165, 1.54) is 0 Å². The van der Waals surface area contributed by atoms with Gasteiger partial charge in [0.05, 0.1) is 12.5 Å². The second-order valence-corrected chi connectivity index (χ2v) is 4.04. The zero-order valence-electron chi connectivity index (χ0n) is 10.7. The lowest BCUT2D eigenvalue weighted by atomic mass is 10.1. The van der Waals surface area contributed by atoms with Crippen LogP contribution in [0.2, 0.25) is 0 Å². The Hall–Kier alpha value is -2.36. The molecular weight excluding hydrogens is 272 g/mol. The van der Waals surface area contributed by atoms with Crippen LogP contribution in [-0.4, -0.2) is 52.7 Å². The summed E-state index contributed by atoms with van der Waals surface area (Å²) < 4.78 is 0. The number of rotatable bonds is 9. The SMILES string of the molecule is NC(=O)NCCC[C@H](NC(=O)[C@@H](N)CC(=O)O)C(=O)O. The van der Waals surface area contributed by atoms with Crippen molar-refractivity contribution in [3.05, 3.63) is 0 Å². The zero-order chi connectivity index (χ0) is 15.7. The minimum absolute atomic E-state index is 0.0428. The number of carbonyl (C=O) groups is 4. The first kappa shape index (κ1) is 17.6. The van der Waals surface area contributed by atoms with Gasteiger partial charge in [-0.25, -0.2) is 9.59 Å². The number of carboxylic acid groups (broad SMARTS) is 2. The fourth-order valence-corrected chi connectivity index (χ4v) is 1.33. The number of hydrogen-bond acceptors (Lipinski definition) is 5. The normalized spacial score (nSPS) is 13.1. The molecule has 0 fully saturated rings. The third kappa shape index (κ3) is 7.87. The van der Waals surface area contributed by atoms with Crippen molar-refractivity contribution in [3.8, 4) is 0 Å². The Bertz CT molecular complexity index is 386. The maximum Gasteiger partial charge on any atom is 0.326 e. The predicted octanol–water partition coefficient (Wildman–Crippen LogP) is -2.19. The highest BCUT2D eigenvalue weighted by molar-refractivity contribution is 5.89. The van der Waals surface area contributed by atoms with Gasteiger partial charge in [-0.3, -0.25) is 9.59 Å². The molecule has 0 spiro atoms. The number of primary amides is 1. The van der Waals surface area contributed by atoms with Crippen LogP contribution >= 0.6 is 0 Å². The molecule has 10 nitrogen and oxygen atoms in total. The molecule has 0 saturated carbocycles. The molecule has 0 aliphatic rings. The van der Waals surface area contributed by atoms with E-state index in [0.29, 0.717) is 0 Å². The molecule has 0 aliphatic carbocycles. The second-order valence-electron chi connectivity index (χ2n) is 4.04. The summed E-state index contributed by atoms with van der Waals surface area (Å²) in [5.74, 6) is -3.40. The number of carboxylic acids is 2. The van der Waals surface area contributed by atoms with Crippen LogP contribution in [0.1, 0.15) is 19.3 Å². The van der Waals surface area contributed by atoms with E-state index in [1.807, 2.05) is 0 Å².